The fourth-order valence-electron chi connectivity index (χ4n) is 3.82. The van der Waals surface area contributed by atoms with E-state index < -0.39 is 0 Å². The fourth-order valence-corrected chi connectivity index (χ4v) is 4.29. The third-order valence-corrected chi connectivity index (χ3v) is 5.94. The van der Waals surface area contributed by atoms with Crippen molar-refractivity contribution in [2.75, 3.05) is 6.26 Å². The summed E-state index contributed by atoms with van der Waals surface area (Å²) in [5, 5.41) is 9.14. The predicted molar refractivity (Wildman–Crippen MR) is 112 cm³/mol. The number of hydrogen-bond donors (Lipinski definition) is 0. The van der Waals surface area contributed by atoms with E-state index in [4.69, 9.17) is 4.74 Å². The number of hydrogen-bond acceptors (Lipinski definition) is 5. The molecule has 1 aliphatic carbocycles. The topological polar surface area (TPSA) is 57.0 Å². The van der Waals surface area contributed by atoms with Gasteiger partial charge in [0.2, 0.25) is 0 Å². The Morgan fingerprint density at radius 1 is 1.18 bits per heavy atom. The smallest absolute Gasteiger partial charge is 0.280 e. The van der Waals surface area contributed by atoms with Crippen molar-refractivity contribution >= 4 is 11.8 Å². The Labute approximate surface area is 168 Å². The lowest BCUT2D eigenvalue weighted by molar-refractivity contribution is 0.304. The highest BCUT2D eigenvalue weighted by Crippen LogP contribution is 2.40. The molecule has 0 atom stereocenters. The number of benzene rings is 2. The first-order chi connectivity index (χ1) is 13.6. The van der Waals surface area contributed by atoms with E-state index in [0.29, 0.717) is 17.5 Å². The first-order valence-electron chi connectivity index (χ1n) is 9.40. The van der Waals surface area contributed by atoms with Gasteiger partial charge in [-0.15, -0.1) is 10.2 Å². The molecule has 28 heavy (non-hydrogen) atoms. The summed E-state index contributed by atoms with van der Waals surface area (Å²) in [6.45, 7) is 2.48. The molecular weight excluding hydrogens is 370 g/mol. The number of fused-ring (bicyclic) bond motifs is 1. The SMILES string of the molecule is CSc1nnc(-c2c(C)cc3c(c2OCc2ccccc2)CCC3)c(=O)n1C. The maximum absolute atomic E-state index is 13.0. The Kier molecular flexibility index (Phi) is 5.22. The Hall–Kier alpha value is -2.60. The first-order valence-corrected chi connectivity index (χ1v) is 10.6. The third-order valence-electron chi connectivity index (χ3n) is 5.22. The summed E-state index contributed by atoms with van der Waals surface area (Å²) in [5.41, 5.74) is 5.60. The van der Waals surface area contributed by atoms with Crippen LogP contribution in [0.1, 0.15) is 28.7 Å². The van der Waals surface area contributed by atoms with E-state index >= 15 is 0 Å². The third kappa shape index (κ3) is 3.33. The fraction of sp³-hybridized carbons (Fsp3) is 0.318. The van der Waals surface area contributed by atoms with E-state index in [0.717, 1.165) is 41.7 Å². The summed E-state index contributed by atoms with van der Waals surface area (Å²) >= 11 is 1.41. The molecule has 0 amide bonds. The van der Waals surface area contributed by atoms with Crippen molar-refractivity contribution in [3.63, 3.8) is 0 Å². The number of rotatable bonds is 5. The molecule has 6 heteroatoms. The molecule has 1 aromatic heterocycles. The van der Waals surface area contributed by atoms with Gasteiger partial charge < -0.3 is 4.74 Å². The lowest BCUT2D eigenvalue weighted by Gasteiger charge is -2.18. The minimum Gasteiger partial charge on any atom is -0.488 e. The molecule has 0 saturated carbocycles. The number of nitrogens with zero attached hydrogens (tertiary/aromatic N) is 3. The van der Waals surface area contributed by atoms with Gasteiger partial charge in [0, 0.05) is 7.05 Å². The van der Waals surface area contributed by atoms with E-state index in [2.05, 4.69) is 16.3 Å². The van der Waals surface area contributed by atoms with Crippen molar-refractivity contribution < 1.29 is 4.74 Å². The van der Waals surface area contributed by atoms with Crippen molar-refractivity contribution in [1.82, 2.24) is 14.8 Å². The number of ether oxygens (including phenoxy) is 1. The van der Waals surface area contributed by atoms with Gasteiger partial charge in [0.1, 0.15) is 12.4 Å². The van der Waals surface area contributed by atoms with Crippen molar-refractivity contribution in [2.24, 2.45) is 7.05 Å². The molecule has 0 bridgehead atoms. The van der Waals surface area contributed by atoms with Crippen LogP contribution in [0.2, 0.25) is 0 Å². The molecule has 4 rings (SSSR count). The molecule has 3 aromatic rings. The monoisotopic (exact) mass is 393 g/mol. The number of thioether (sulfide) groups is 1. The second kappa shape index (κ2) is 7.80. The van der Waals surface area contributed by atoms with Crippen LogP contribution >= 0.6 is 11.8 Å². The van der Waals surface area contributed by atoms with Crippen LogP contribution in [-0.2, 0) is 26.5 Å². The highest BCUT2D eigenvalue weighted by atomic mass is 32.2. The zero-order chi connectivity index (χ0) is 19.7. The van der Waals surface area contributed by atoms with Crippen molar-refractivity contribution in [3.05, 3.63) is 69.0 Å². The summed E-state index contributed by atoms with van der Waals surface area (Å²) in [6.07, 6.45) is 5.00. The molecule has 5 nitrogen and oxygen atoms in total. The molecule has 0 fully saturated rings. The van der Waals surface area contributed by atoms with Gasteiger partial charge in [0.05, 0.1) is 5.56 Å². The van der Waals surface area contributed by atoms with E-state index in [9.17, 15) is 4.79 Å². The second-order valence-corrected chi connectivity index (χ2v) is 7.84. The van der Waals surface area contributed by atoms with E-state index in [-0.39, 0.29) is 5.56 Å². The summed E-state index contributed by atoms with van der Waals surface area (Å²) in [7, 11) is 1.74. The van der Waals surface area contributed by atoms with Crippen LogP contribution in [0.5, 0.6) is 5.75 Å². The molecule has 2 aromatic carbocycles. The molecule has 1 heterocycles. The van der Waals surface area contributed by atoms with Gasteiger partial charge in [-0.1, -0.05) is 48.2 Å². The van der Waals surface area contributed by atoms with Crippen LogP contribution < -0.4 is 10.3 Å². The van der Waals surface area contributed by atoms with Crippen LogP contribution in [0.15, 0.2) is 46.3 Å². The lowest BCUT2D eigenvalue weighted by Crippen LogP contribution is -2.24. The summed E-state index contributed by atoms with van der Waals surface area (Å²) in [4.78, 5) is 13.0. The average Bonchev–Trinajstić information content (AvgIpc) is 3.17. The maximum Gasteiger partial charge on any atom is 0.280 e. The number of aryl methyl sites for hydroxylation is 2. The van der Waals surface area contributed by atoms with Crippen molar-refractivity contribution in [1.29, 1.82) is 0 Å². The standard InChI is InChI=1S/C22H23N3O2S/c1-14-12-16-10-7-11-17(16)20(27-13-15-8-5-4-6-9-15)18(14)19-21(26)25(2)22(28-3)24-23-19/h4-6,8-9,12H,7,10-11,13H2,1-3H3. The van der Waals surface area contributed by atoms with Gasteiger partial charge in [-0.05, 0) is 54.7 Å². The summed E-state index contributed by atoms with van der Waals surface area (Å²) in [6, 6.07) is 12.3. The van der Waals surface area contributed by atoms with Crippen LogP contribution in [0.4, 0.5) is 0 Å². The van der Waals surface area contributed by atoms with E-state index in [1.165, 1.54) is 22.9 Å². The molecule has 144 valence electrons. The Morgan fingerprint density at radius 2 is 1.96 bits per heavy atom. The zero-order valence-corrected chi connectivity index (χ0v) is 17.2. The average molecular weight is 394 g/mol. The molecule has 0 aliphatic heterocycles. The van der Waals surface area contributed by atoms with Crippen molar-refractivity contribution in [3.8, 4) is 17.0 Å². The van der Waals surface area contributed by atoms with Gasteiger partial charge in [-0.25, -0.2) is 0 Å². The Bertz CT molecular complexity index is 1080. The van der Waals surface area contributed by atoms with Crippen LogP contribution in [-0.4, -0.2) is 21.0 Å². The van der Waals surface area contributed by atoms with Crippen LogP contribution in [0, 0.1) is 6.92 Å². The van der Waals surface area contributed by atoms with E-state index in [1.54, 1.807) is 11.6 Å². The molecule has 1 aliphatic rings. The largest absolute Gasteiger partial charge is 0.488 e. The van der Waals surface area contributed by atoms with E-state index in [1.807, 2.05) is 43.5 Å². The van der Waals surface area contributed by atoms with Crippen molar-refractivity contribution in [2.45, 2.75) is 37.9 Å². The highest BCUT2D eigenvalue weighted by Gasteiger charge is 2.25. The van der Waals surface area contributed by atoms with Gasteiger partial charge in [-0.3, -0.25) is 9.36 Å². The molecule has 0 radical (unpaired) electrons. The molecule has 0 unspecified atom stereocenters. The Balaban J connectivity index is 1.85. The summed E-state index contributed by atoms with van der Waals surface area (Å²) < 4.78 is 7.89. The first kappa shape index (κ1) is 18.7. The highest BCUT2D eigenvalue weighted by molar-refractivity contribution is 7.98. The van der Waals surface area contributed by atoms with Gasteiger partial charge in [-0.2, -0.15) is 0 Å². The number of aromatic nitrogens is 3. The predicted octanol–water partition coefficient (Wildman–Crippen LogP) is 3.94. The van der Waals surface area contributed by atoms with Gasteiger partial charge >= 0.3 is 0 Å². The quantitative estimate of drug-likeness (QED) is 0.615. The molecule has 0 N–H and O–H groups in total. The van der Waals surface area contributed by atoms with Gasteiger partial charge in [0.15, 0.2) is 10.9 Å². The van der Waals surface area contributed by atoms with Gasteiger partial charge in [0.25, 0.3) is 5.56 Å². The molecular formula is C22H23N3O2S. The van der Waals surface area contributed by atoms with Crippen LogP contribution in [0.25, 0.3) is 11.3 Å². The van der Waals surface area contributed by atoms with Crippen LogP contribution in [0.3, 0.4) is 0 Å². The minimum atomic E-state index is -0.148. The normalized spacial score (nSPS) is 12.8. The Morgan fingerprint density at radius 3 is 2.71 bits per heavy atom. The molecule has 0 saturated heterocycles. The minimum absolute atomic E-state index is 0.148. The summed E-state index contributed by atoms with van der Waals surface area (Å²) in [5.74, 6) is 0.791. The lowest BCUT2D eigenvalue weighted by atomic mass is 9.97. The molecule has 0 spiro atoms. The maximum atomic E-state index is 13.0. The second-order valence-electron chi connectivity index (χ2n) is 7.06. The zero-order valence-electron chi connectivity index (χ0n) is 16.4.